The fourth-order valence-electron chi connectivity index (χ4n) is 5.62. The molecule has 0 spiro atoms. The molecule has 0 radical (unpaired) electrons. The Bertz CT molecular complexity index is 1410. The summed E-state index contributed by atoms with van der Waals surface area (Å²) < 4.78 is 11.4. The molecule has 0 bridgehead atoms. The van der Waals surface area contributed by atoms with Gasteiger partial charge in [-0.25, -0.2) is 14.1 Å². The van der Waals surface area contributed by atoms with Crippen molar-refractivity contribution in [3.63, 3.8) is 0 Å². The van der Waals surface area contributed by atoms with Gasteiger partial charge in [0.15, 0.2) is 0 Å². The van der Waals surface area contributed by atoms with Crippen LogP contribution in [-0.2, 0) is 20.9 Å². The Labute approximate surface area is 261 Å². The Morgan fingerprint density at radius 3 is 2.26 bits per heavy atom. The summed E-state index contributed by atoms with van der Waals surface area (Å²) in [5, 5.41) is 5.71. The molecule has 1 aliphatic rings. The first-order valence-corrected chi connectivity index (χ1v) is 15.3. The number of hydrogen-bond acceptors (Lipinski definition) is 6. The minimum atomic E-state index is -0.409. The number of amides is 3. The van der Waals surface area contributed by atoms with Crippen LogP contribution in [0.2, 0.25) is 0 Å². The Hall–Kier alpha value is -3.73. The number of nitrogens with one attached hydrogen (secondary N) is 2. The summed E-state index contributed by atoms with van der Waals surface area (Å²) in [6, 6.07) is 22.5. The third-order valence-electron chi connectivity index (χ3n) is 8.15. The van der Waals surface area contributed by atoms with E-state index in [1.165, 1.54) is 7.11 Å². The smallest absolute Gasteiger partial charge is 0.323 e. The summed E-state index contributed by atoms with van der Waals surface area (Å²) >= 11 is 3.45. The number of anilines is 2. The molecular weight excluding hydrogens is 612 g/mol. The highest BCUT2D eigenvalue weighted by atomic mass is 79.9. The molecular formula is C33H40BrN4O5+. The zero-order chi connectivity index (χ0) is 30.8. The SMILES string of the molecule is COC(=O)CN1CCC(CC[N+](Cc2ccccc2)(C(C)=O)c2ccc(NC(=O)Nc3ccccc3Br)c(OC)c2)CC1. The first-order chi connectivity index (χ1) is 20.7. The number of quaternary nitrogens is 1. The van der Waals surface area contributed by atoms with E-state index in [4.69, 9.17) is 9.47 Å². The molecule has 9 nitrogen and oxygen atoms in total. The molecule has 10 heteroatoms. The highest BCUT2D eigenvalue weighted by Crippen LogP contribution is 2.36. The molecule has 0 aliphatic carbocycles. The molecule has 3 aromatic rings. The number of methoxy groups -OCH3 is 2. The molecule has 1 saturated heterocycles. The van der Waals surface area contributed by atoms with Gasteiger partial charge in [0.2, 0.25) is 0 Å². The van der Waals surface area contributed by atoms with E-state index in [9.17, 15) is 14.4 Å². The number of likely N-dealkylation sites (tertiary alicyclic amines) is 1. The van der Waals surface area contributed by atoms with Crippen molar-refractivity contribution < 1.29 is 23.9 Å². The van der Waals surface area contributed by atoms with E-state index in [1.807, 2.05) is 60.7 Å². The lowest BCUT2D eigenvalue weighted by Gasteiger charge is -2.37. The minimum absolute atomic E-state index is 0.0291. The normalized spacial score (nSPS) is 15.3. The van der Waals surface area contributed by atoms with Crippen molar-refractivity contribution in [1.29, 1.82) is 0 Å². The van der Waals surface area contributed by atoms with Crippen LogP contribution >= 0.6 is 15.9 Å². The summed E-state index contributed by atoms with van der Waals surface area (Å²) in [6.07, 6.45) is 2.77. The lowest BCUT2D eigenvalue weighted by Crippen LogP contribution is -2.53. The van der Waals surface area contributed by atoms with Gasteiger partial charge in [0.05, 0.1) is 45.6 Å². The molecule has 1 heterocycles. The van der Waals surface area contributed by atoms with Crippen LogP contribution in [0.1, 0.15) is 31.7 Å². The van der Waals surface area contributed by atoms with Crippen LogP contribution in [0.3, 0.4) is 0 Å². The predicted molar refractivity (Wildman–Crippen MR) is 173 cm³/mol. The van der Waals surface area contributed by atoms with Crippen LogP contribution in [0.5, 0.6) is 5.75 Å². The summed E-state index contributed by atoms with van der Waals surface area (Å²) in [4.78, 5) is 40.3. The zero-order valence-electron chi connectivity index (χ0n) is 25.0. The van der Waals surface area contributed by atoms with Gasteiger partial charge in [0.25, 0.3) is 0 Å². The number of carbonyl (C=O) groups excluding carboxylic acids is 3. The summed E-state index contributed by atoms with van der Waals surface area (Å²) in [6.45, 7) is 4.72. The average Bonchev–Trinajstić information content (AvgIpc) is 3.01. The minimum Gasteiger partial charge on any atom is -0.494 e. The van der Waals surface area contributed by atoms with E-state index in [2.05, 4.69) is 31.5 Å². The maximum absolute atomic E-state index is 13.6. The molecule has 1 fully saturated rings. The third-order valence-corrected chi connectivity index (χ3v) is 8.85. The van der Waals surface area contributed by atoms with Gasteiger partial charge in [-0.2, -0.15) is 0 Å². The van der Waals surface area contributed by atoms with E-state index in [0.29, 0.717) is 42.7 Å². The number of para-hydroxylation sites is 1. The van der Waals surface area contributed by atoms with Crippen molar-refractivity contribution in [2.75, 3.05) is 51.0 Å². The van der Waals surface area contributed by atoms with Crippen LogP contribution in [0, 0.1) is 5.92 Å². The second kappa shape index (κ2) is 15.1. The second-order valence-corrected chi connectivity index (χ2v) is 11.7. The topological polar surface area (TPSA) is 97.0 Å². The van der Waals surface area contributed by atoms with E-state index in [1.54, 1.807) is 26.2 Å². The van der Waals surface area contributed by atoms with Crippen molar-refractivity contribution in [3.8, 4) is 5.75 Å². The number of hydrogen-bond donors (Lipinski definition) is 2. The van der Waals surface area contributed by atoms with Crippen LogP contribution in [0.15, 0.2) is 77.3 Å². The van der Waals surface area contributed by atoms with Gasteiger partial charge in [-0.3, -0.25) is 9.69 Å². The first kappa shape index (κ1) is 32.2. The molecule has 0 saturated carbocycles. The molecule has 43 heavy (non-hydrogen) atoms. The van der Waals surface area contributed by atoms with Gasteiger partial charge >= 0.3 is 17.9 Å². The number of piperidine rings is 1. The molecule has 1 unspecified atom stereocenters. The Balaban J connectivity index is 1.56. The van der Waals surface area contributed by atoms with Gasteiger partial charge in [0, 0.05) is 28.6 Å². The predicted octanol–water partition coefficient (Wildman–Crippen LogP) is 6.43. The van der Waals surface area contributed by atoms with Crippen LogP contribution in [0.25, 0.3) is 0 Å². The van der Waals surface area contributed by atoms with Gasteiger partial charge in [-0.05, 0) is 66.0 Å². The van der Waals surface area contributed by atoms with Gasteiger partial charge in [-0.1, -0.05) is 42.5 Å². The van der Waals surface area contributed by atoms with Crippen LogP contribution < -0.4 is 19.9 Å². The molecule has 4 rings (SSSR count). The number of nitrogens with zero attached hydrogens (tertiary/aromatic N) is 2. The van der Waals surface area contributed by atoms with Crippen LogP contribution in [0.4, 0.5) is 21.9 Å². The zero-order valence-corrected chi connectivity index (χ0v) is 26.6. The Morgan fingerprint density at radius 2 is 1.60 bits per heavy atom. The monoisotopic (exact) mass is 651 g/mol. The average molecular weight is 653 g/mol. The molecule has 2 N–H and O–H groups in total. The summed E-state index contributed by atoms with van der Waals surface area (Å²) in [7, 11) is 2.97. The number of carbonyl (C=O) groups is 3. The van der Waals surface area contributed by atoms with E-state index < -0.39 is 6.03 Å². The molecule has 1 aliphatic heterocycles. The number of benzene rings is 3. The van der Waals surface area contributed by atoms with Gasteiger partial charge < -0.3 is 20.1 Å². The van der Waals surface area contributed by atoms with Crippen molar-refractivity contribution >= 4 is 50.9 Å². The number of ether oxygens (including phenoxy) is 2. The molecule has 3 amide bonds. The van der Waals surface area contributed by atoms with Crippen molar-refractivity contribution in [3.05, 3.63) is 82.8 Å². The molecule has 228 valence electrons. The lowest BCUT2D eigenvalue weighted by molar-refractivity contribution is -0.142. The van der Waals surface area contributed by atoms with E-state index in [0.717, 1.165) is 48.1 Å². The quantitative estimate of drug-likeness (QED) is 0.183. The van der Waals surface area contributed by atoms with Crippen molar-refractivity contribution in [1.82, 2.24) is 9.38 Å². The largest absolute Gasteiger partial charge is 0.494 e. The highest BCUT2D eigenvalue weighted by Gasteiger charge is 2.38. The molecule has 3 aromatic carbocycles. The Morgan fingerprint density at radius 1 is 0.930 bits per heavy atom. The fourth-order valence-corrected chi connectivity index (χ4v) is 6.00. The number of urea groups is 1. The Kier molecular flexibility index (Phi) is 11.3. The van der Waals surface area contributed by atoms with E-state index >= 15 is 0 Å². The maximum Gasteiger partial charge on any atom is 0.323 e. The summed E-state index contributed by atoms with van der Waals surface area (Å²) in [5.74, 6) is 0.713. The number of esters is 1. The van der Waals surface area contributed by atoms with Crippen molar-refractivity contribution in [2.24, 2.45) is 5.92 Å². The third kappa shape index (κ3) is 8.43. The summed E-state index contributed by atoms with van der Waals surface area (Å²) in [5.41, 5.74) is 2.99. The van der Waals surface area contributed by atoms with E-state index in [-0.39, 0.29) is 16.4 Å². The maximum atomic E-state index is 13.6. The highest BCUT2D eigenvalue weighted by molar-refractivity contribution is 9.10. The van der Waals surface area contributed by atoms with Gasteiger partial charge in [-0.15, -0.1) is 0 Å². The number of halogens is 1. The molecule has 1 atom stereocenters. The standard InChI is InChI=1S/C33H39BrN4O5/c1-24(39)38(23-26-9-5-4-6-10-26,20-17-25-15-18-37(19-16-25)22-32(40)43-3)27-13-14-30(31(21-27)42-2)36-33(41)35-29-12-8-7-11-28(29)34/h4-14,21,25H,15-20,22-23H2,1-3H3,(H-,35,36,41)/p+1. The van der Waals surface area contributed by atoms with Gasteiger partial charge in [0.1, 0.15) is 18.0 Å². The number of rotatable bonds is 11. The molecule has 0 aromatic heterocycles. The van der Waals surface area contributed by atoms with Crippen LogP contribution in [-0.4, -0.2) is 63.2 Å². The lowest BCUT2D eigenvalue weighted by atomic mass is 9.92. The first-order valence-electron chi connectivity index (χ1n) is 14.5. The fraction of sp³-hybridized carbons (Fsp3) is 0.364. The van der Waals surface area contributed by atoms with Crippen molar-refractivity contribution in [2.45, 2.75) is 32.7 Å². The second-order valence-electron chi connectivity index (χ2n) is 10.9.